The molecule has 2 rings (SSSR count). The second-order valence-electron chi connectivity index (χ2n) is 4.69. The van der Waals surface area contributed by atoms with Crippen LogP contribution in [0.25, 0.3) is 0 Å². The van der Waals surface area contributed by atoms with E-state index in [1.165, 1.54) is 0 Å². The van der Waals surface area contributed by atoms with E-state index in [0.29, 0.717) is 13.2 Å². The Hall–Kier alpha value is -2.50. The average molecular weight is 301 g/mol. The molecule has 0 spiro atoms. The molecule has 0 amide bonds. The number of guanidine groups is 1. The predicted molar refractivity (Wildman–Crippen MR) is 88.0 cm³/mol. The Bertz CT molecular complexity index is 580. The van der Waals surface area contributed by atoms with Gasteiger partial charge in [0.2, 0.25) is 0 Å². The molecule has 118 valence electrons. The fourth-order valence-corrected chi connectivity index (χ4v) is 2.07. The zero-order chi connectivity index (χ0) is 15.6. The predicted octanol–water partition coefficient (Wildman–Crippen LogP) is 1.65. The number of aliphatic imine (C=N–C) groups is 1. The second-order valence-corrected chi connectivity index (χ2v) is 4.69. The molecule has 0 unspecified atom stereocenters. The number of rotatable bonds is 7. The van der Waals surface area contributed by atoms with Gasteiger partial charge in [-0.25, -0.2) is 4.98 Å². The number of aromatic nitrogens is 2. The zero-order valence-corrected chi connectivity index (χ0v) is 13.1. The number of para-hydroxylation sites is 1. The molecule has 0 saturated heterocycles. The van der Waals surface area contributed by atoms with Crippen LogP contribution in [-0.2, 0) is 13.1 Å². The largest absolute Gasteiger partial charge is 0.494 e. The molecule has 0 bridgehead atoms. The maximum absolute atomic E-state index is 5.62. The van der Waals surface area contributed by atoms with Crippen molar-refractivity contribution in [2.75, 3.05) is 20.2 Å². The number of ether oxygens (including phenoxy) is 1. The number of imidazole rings is 1. The van der Waals surface area contributed by atoms with Crippen molar-refractivity contribution in [2.45, 2.75) is 20.0 Å². The maximum Gasteiger partial charge on any atom is 0.191 e. The first kappa shape index (κ1) is 15.9. The number of hydrogen-bond donors (Lipinski definition) is 2. The van der Waals surface area contributed by atoms with Crippen molar-refractivity contribution >= 4 is 5.96 Å². The van der Waals surface area contributed by atoms with Crippen molar-refractivity contribution in [3.05, 3.63) is 48.5 Å². The summed E-state index contributed by atoms with van der Waals surface area (Å²) < 4.78 is 7.64. The summed E-state index contributed by atoms with van der Waals surface area (Å²) in [7, 11) is 1.76. The standard InChI is InChI=1S/C16H23N5O/c1-3-22-15-7-5-4-6-14(15)12-20-16(17-2)19-9-11-21-10-8-18-13-21/h4-8,10,13H,3,9,11-12H2,1-2H3,(H2,17,19,20). The van der Waals surface area contributed by atoms with Gasteiger partial charge in [-0.05, 0) is 13.0 Å². The quantitative estimate of drug-likeness (QED) is 0.603. The Morgan fingerprint density at radius 3 is 2.91 bits per heavy atom. The van der Waals surface area contributed by atoms with Crippen molar-refractivity contribution < 1.29 is 4.74 Å². The topological polar surface area (TPSA) is 63.5 Å². The Morgan fingerprint density at radius 1 is 1.32 bits per heavy atom. The Labute approximate surface area is 131 Å². The lowest BCUT2D eigenvalue weighted by molar-refractivity contribution is 0.336. The monoisotopic (exact) mass is 301 g/mol. The van der Waals surface area contributed by atoms with Crippen LogP contribution in [0.1, 0.15) is 12.5 Å². The highest BCUT2D eigenvalue weighted by Gasteiger charge is 2.03. The third-order valence-electron chi connectivity index (χ3n) is 3.16. The van der Waals surface area contributed by atoms with Crippen LogP contribution in [0.4, 0.5) is 0 Å². The van der Waals surface area contributed by atoms with Crippen LogP contribution in [0.15, 0.2) is 48.0 Å². The van der Waals surface area contributed by atoms with E-state index < -0.39 is 0 Å². The van der Waals surface area contributed by atoms with Crippen LogP contribution in [-0.4, -0.2) is 35.7 Å². The smallest absolute Gasteiger partial charge is 0.191 e. The van der Waals surface area contributed by atoms with Crippen LogP contribution in [0.2, 0.25) is 0 Å². The molecule has 22 heavy (non-hydrogen) atoms. The van der Waals surface area contributed by atoms with E-state index in [1.54, 1.807) is 19.6 Å². The lowest BCUT2D eigenvalue weighted by Gasteiger charge is -2.14. The second kappa shape index (κ2) is 8.71. The van der Waals surface area contributed by atoms with Crippen LogP contribution in [0.5, 0.6) is 5.75 Å². The minimum Gasteiger partial charge on any atom is -0.494 e. The van der Waals surface area contributed by atoms with Gasteiger partial charge >= 0.3 is 0 Å². The molecule has 0 aliphatic carbocycles. The van der Waals surface area contributed by atoms with Crippen molar-refractivity contribution in [1.29, 1.82) is 0 Å². The van der Waals surface area contributed by atoms with Gasteiger partial charge in [0.15, 0.2) is 5.96 Å². The fourth-order valence-electron chi connectivity index (χ4n) is 2.07. The Morgan fingerprint density at radius 2 is 2.18 bits per heavy atom. The number of hydrogen-bond acceptors (Lipinski definition) is 3. The van der Waals surface area contributed by atoms with E-state index in [-0.39, 0.29) is 0 Å². The van der Waals surface area contributed by atoms with Gasteiger partial charge in [0.1, 0.15) is 5.75 Å². The average Bonchev–Trinajstić information content (AvgIpc) is 3.05. The van der Waals surface area contributed by atoms with Crippen molar-refractivity contribution in [3.63, 3.8) is 0 Å². The Balaban J connectivity index is 1.81. The SMILES string of the molecule is CCOc1ccccc1CNC(=NC)NCCn1ccnc1. The first-order valence-electron chi connectivity index (χ1n) is 7.44. The molecule has 6 heteroatoms. The summed E-state index contributed by atoms with van der Waals surface area (Å²) in [5.41, 5.74) is 1.11. The molecule has 1 aromatic heterocycles. The fraction of sp³-hybridized carbons (Fsp3) is 0.375. The first-order valence-corrected chi connectivity index (χ1v) is 7.44. The molecule has 1 aromatic carbocycles. The van der Waals surface area contributed by atoms with Crippen LogP contribution in [0, 0.1) is 0 Å². The molecule has 0 radical (unpaired) electrons. The molecule has 0 fully saturated rings. The first-order chi connectivity index (χ1) is 10.8. The van der Waals surface area contributed by atoms with Gasteiger partial charge in [0.25, 0.3) is 0 Å². The molecule has 0 saturated carbocycles. The molecular weight excluding hydrogens is 278 g/mol. The van der Waals surface area contributed by atoms with E-state index in [4.69, 9.17) is 4.74 Å². The highest BCUT2D eigenvalue weighted by molar-refractivity contribution is 5.79. The highest BCUT2D eigenvalue weighted by atomic mass is 16.5. The third kappa shape index (κ3) is 4.80. The number of nitrogens with one attached hydrogen (secondary N) is 2. The van der Waals surface area contributed by atoms with Crippen molar-refractivity contribution in [2.24, 2.45) is 4.99 Å². The highest BCUT2D eigenvalue weighted by Crippen LogP contribution is 2.17. The molecular formula is C16H23N5O. The summed E-state index contributed by atoms with van der Waals surface area (Å²) in [4.78, 5) is 8.25. The summed E-state index contributed by atoms with van der Waals surface area (Å²) in [6.07, 6.45) is 5.52. The van der Waals surface area contributed by atoms with Gasteiger partial charge in [-0.15, -0.1) is 0 Å². The minimum absolute atomic E-state index is 0.662. The lowest BCUT2D eigenvalue weighted by atomic mass is 10.2. The maximum atomic E-state index is 5.62. The van der Waals surface area contributed by atoms with Gasteiger partial charge in [-0.2, -0.15) is 0 Å². The van der Waals surface area contributed by atoms with E-state index in [9.17, 15) is 0 Å². The molecule has 2 aromatic rings. The van der Waals surface area contributed by atoms with Crippen LogP contribution >= 0.6 is 0 Å². The van der Waals surface area contributed by atoms with Gasteiger partial charge in [-0.3, -0.25) is 4.99 Å². The lowest BCUT2D eigenvalue weighted by Crippen LogP contribution is -2.38. The molecule has 0 aliphatic rings. The van der Waals surface area contributed by atoms with Gasteiger partial charge in [0, 0.05) is 44.6 Å². The summed E-state index contributed by atoms with van der Waals surface area (Å²) in [6, 6.07) is 8.02. The Kier molecular flexibility index (Phi) is 6.29. The van der Waals surface area contributed by atoms with E-state index in [1.807, 2.05) is 35.9 Å². The molecule has 1 heterocycles. The summed E-state index contributed by atoms with van der Waals surface area (Å²) in [5, 5.41) is 6.58. The molecule has 2 N–H and O–H groups in total. The third-order valence-corrected chi connectivity index (χ3v) is 3.16. The zero-order valence-electron chi connectivity index (χ0n) is 13.1. The van der Waals surface area contributed by atoms with Crippen LogP contribution < -0.4 is 15.4 Å². The minimum atomic E-state index is 0.662. The van der Waals surface area contributed by atoms with E-state index in [0.717, 1.165) is 30.4 Å². The molecule has 0 aliphatic heterocycles. The van der Waals surface area contributed by atoms with Gasteiger partial charge in [0.05, 0.1) is 12.9 Å². The molecule has 0 atom stereocenters. The number of benzene rings is 1. The summed E-state index contributed by atoms with van der Waals surface area (Å²) in [5.74, 6) is 1.68. The normalized spacial score (nSPS) is 11.3. The van der Waals surface area contributed by atoms with E-state index >= 15 is 0 Å². The van der Waals surface area contributed by atoms with Crippen molar-refractivity contribution in [3.8, 4) is 5.75 Å². The summed E-state index contributed by atoms with van der Waals surface area (Å²) >= 11 is 0. The van der Waals surface area contributed by atoms with Crippen molar-refractivity contribution in [1.82, 2.24) is 20.2 Å². The van der Waals surface area contributed by atoms with E-state index in [2.05, 4.69) is 26.7 Å². The molecule has 6 nitrogen and oxygen atoms in total. The van der Waals surface area contributed by atoms with Gasteiger partial charge in [-0.1, -0.05) is 18.2 Å². The van der Waals surface area contributed by atoms with Gasteiger partial charge < -0.3 is 19.9 Å². The summed E-state index contributed by atoms with van der Waals surface area (Å²) in [6.45, 7) is 4.94. The number of nitrogens with zero attached hydrogens (tertiary/aromatic N) is 3. The van der Waals surface area contributed by atoms with Crippen LogP contribution in [0.3, 0.4) is 0 Å².